The van der Waals surface area contributed by atoms with Gasteiger partial charge in [0.1, 0.15) is 0 Å². The van der Waals surface area contributed by atoms with E-state index in [0.29, 0.717) is 11.6 Å². The van der Waals surface area contributed by atoms with Crippen LogP contribution >= 0.6 is 11.3 Å². The third kappa shape index (κ3) is 2.13. The Morgan fingerprint density at radius 1 is 1.79 bits per heavy atom. The van der Waals surface area contributed by atoms with Crippen molar-refractivity contribution < 1.29 is 9.90 Å². The van der Waals surface area contributed by atoms with E-state index in [0.717, 1.165) is 17.3 Å². The zero-order valence-corrected chi connectivity index (χ0v) is 8.80. The fraction of sp³-hybridized carbons (Fsp3) is 0.500. The molecule has 0 aromatic carbocycles. The van der Waals surface area contributed by atoms with Crippen molar-refractivity contribution in [3.05, 3.63) is 21.9 Å². The highest BCUT2D eigenvalue weighted by atomic mass is 32.1. The molecule has 0 aliphatic heterocycles. The number of hydrogen-bond donors (Lipinski definition) is 2. The molecule has 2 rings (SSSR count). The van der Waals surface area contributed by atoms with Crippen molar-refractivity contribution in [3.63, 3.8) is 0 Å². The fourth-order valence-electron chi connectivity index (χ4n) is 1.42. The van der Waals surface area contributed by atoms with E-state index in [-0.39, 0.29) is 0 Å². The van der Waals surface area contributed by atoms with Crippen molar-refractivity contribution in [2.75, 3.05) is 0 Å². The van der Waals surface area contributed by atoms with E-state index in [2.05, 4.69) is 12.2 Å². The van der Waals surface area contributed by atoms with E-state index in [9.17, 15) is 4.79 Å². The summed E-state index contributed by atoms with van der Waals surface area (Å²) in [5.41, 5.74) is 0.399. The number of thiophene rings is 1. The van der Waals surface area contributed by atoms with Gasteiger partial charge in [-0.1, -0.05) is 6.92 Å². The lowest BCUT2D eigenvalue weighted by molar-refractivity contribution is 0.0697. The number of carboxylic acids is 1. The average molecular weight is 211 g/mol. The molecule has 2 unspecified atom stereocenters. The Kier molecular flexibility index (Phi) is 2.56. The summed E-state index contributed by atoms with van der Waals surface area (Å²) in [6, 6.07) is 2.39. The van der Waals surface area contributed by atoms with Gasteiger partial charge in [-0.05, 0) is 18.4 Å². The highest BCUT2D eigenvalue weighted by Gasteiger charge is 2.31. The predicted molar refractivity (Wildman–Crippen MR) is 55.7 cm³/mol. The molecule has 2 N–H and O–H groups in total. The lowest BCUT2D eigenvalue weighted by Gasteiger charge is -1.98. The molecule has 0 saturated heterocycles. The van der Waals surface area contributed by atoms with Crippen molar-refractivity contribution in [1.82, 2.24) is 5.32 Å². The molecule has 1 heterocycles. The topological polar surface area (TPSA) is 49.3 Å². The maximum absolute atomic E-state index is 10.6. The summed E-state index contributed by atoms with van der Waals surface area (Å²) in [5, 5.41) is 13.8. The summed E-state index contributed by atoms with van der Waals surface area (Å²) in [5.74, 6) is -0.0544. The van der Waals surface area contributed by atoms with Crippen LogP contribution < -0.4 is 5.32 Å². The Labute approximate surface area is 86.8 Å². The molecule has 1 aliphatic carbocycles. The van der Waals surface area contributed by atoms with Gasteiger partial charge in [-0.2, -0.15) is 0 Å². The normalized spacial score (nSPS) is 24.9. The summed E-state index contributed by atoms with van der Waals surface area (Å²) >= 11 is 1.51. The quantitative estimate of drug-likeness (QED) is 0.800. The first kappa shape index (κ1) is 9.68. The molecule has 1 aromatic rings. The Bertz CT molecular complexity index is 348. The van der Waals surface area contributed by atoms with Crippen LogP contribution in [0.15, 0.2) is 11.4 Å². The second kappa shape index (κ2) is 3.71. The molecule has 1 saturated carbocycles. The van der Waals surface area contributed by atoms with Crippen LogP contribution in [-0.4, -0.2) is 17.1 Å². The van der Waals surface area contributed by atoms with E-state index in [1.54, 1.807) is 11.4 Å². The van der Waals surface area contributed by atoms with Crippen molar-refractivity contribution >= 4 is 17.3 Å². The van der Waals surface area contributed by atoms with Crippen LogP contribution in [0, 0.1) is 5.92 Å². The molecule has 0 radical (unpaired) electrons. The molecular formula is C10H13NO2S. The van der Waals surface area contributed by atoms with E-state index in [1.165, 1.54) is 17.8 Å². The van der Waals surface area contributed by atoms with Crippen molar-refractivity contribution in [1.29, 1.82) is 0 Å². The summed E-state index contributed by atoms with van der Waals surface area (Å²) in [6.45, 7) is 3.02. The summed E-state index contributed by atoms with van der Waals surface area (Å²) in [7, 11) is 0. The van der Waals surface area contributed by atoms with Crippen molar-refractivity contribution in [3.8, 4) is 0 Å². The first-order valence-corrected chi connectivity index (χ1v) is 5.59. The van der Waals surface area contributed by atoms with Gasteiger partial charge < -0.3 is 10.4 Å². The number of hydrogen-bond acceptors (Lipinski definition) is 3. The fourth-order valence-corrected chi connectivity index (χ4v) is 2.23. The number of aromatic carboxylic acids is 1. The standard InChI is InChI=1S/C10H13NO2S/c1-6-2-9(6)11-4-8-3-7(5-14-8)10(12)13/h3,5-6,9,11H,2,4H2,1H3,(H,12,13). The third-order valence-electron chi connectivity index (χ3n) is 2.55. The Balaban J connectivity index is 1.87. The van der Waals surface area contributed by atoms with E-state index >= 15 is 0 Å². The minimum atomic E-state index is -0.840. The van der Waals surface area contributed by atoms with Crippen LogP contribution in [0.1, 0.15) is 28.6 Å². The first-order valence-electron chi connectivity index (χ1n) is 4.71. The first-order chi connectivity index (χ1) is 6.66. The number of carbonyl (C=O) groups is 1. The van der Waals surface area contributed by atoms with Crippen LogP contribution in [0.4, 0.5) is 0 Å². The molecule has 76 valence electrons. The highest BCUT2D eigenvalue weighted by Crippen LogP contribution is 2.29. The Morgan fingerprint density at radius 2 is 2.50 bits per heavy atom. The van der Waals surface area contributed by atoms with Crippen molar-refractivity contribution in [2.45, 2.75) is 25.9 Å². The van der Waals surface area contributed by atoms with E-state index in [4.69, 9.17) is 5.11 Å². The zero-order valence-electron chi connectivity index (χ0n) is 7.99. The maximum atomic E-state index is 10.6. The molecule has 2 atom stereocenters. The van der Waals surface area contributed by atoms with E-state index < -0.39 is 5.97 Å². The Hall–Kier alpha value is -0.870. The molecule has 0 spiro atoms. The van der Waals surface area contributed by atoms with Gasteiger partial charge in [-0.25, -0.2) is 4.79 Å². The lowest BCUT2D eigenvalue weighted by Crippen LogP contribution is -2.16. The van der Waals surface area contributed by atoms with Gasteiger partial charge in [-0.15, -0.1) is 11.3 Å². The largest absolute Gasteiger partial charge is 0.478 e. The third-order valence-corrected chi connectivity index (χ3v) is 3.49. The smallest absolute Gasteiger partial charge is 0.336 e. The minimum absolute atomic E-state index is 0.399. The molecule has 1 aromatic heterocycles. The number of rotatable bonds is 4. The van der Waals surface area contributed by atoms with Crippen LogP contribution in [-0.2, 0) is 6.54 Å². The molecule has 1 fully saturated rings. The molecule has 1 aliphatic rings. The monoisotopic (exact) mass is 211 g/mol. The van der Waals surface area contributed by atoms with Crippen LogP contribution in [0.25, 0.3) is 0 Å². The second-order valence-corrected chi connectivity index (χ2v) is 4.80. The van der Waals surface area contributed by atoms with Gasteiger partial charge in [0.05, 0.1) is 5.56 Å². The minimum Gasteiger partial charge on any atom is -0.478 e. The molecule has 4 heteroatoms. The maximum Gasteiger partial charge on any atom is 0.336 e. The van der Waals surface area contributed by atoms with Crippen LogP contribution in [0.3, 0.4) is 0 Å². The predicted octanol–water partition coefficient (Wildman–Crippen LogP) is 1.94. The second-order valence-electron chi connectivity index (χ2n) is 3.81. The highest BCUT2D eigenvalue weighted by molar-refractivity contribution is 7.10. The molecule has 0 bridgehead atoms. The van der Waals surface area contributed by atoms with E-state index in [1.807, 2.05) is 0 Å². The molecular weight excluding hydrogens is 198 g/mol. The molecule has 0 amide bonds. The zero-order chi connectivity index (χ0) is 10.1. The van der Waals surface area contributed by atoms with Gasteiger partial charge in [-0.3, -0.25) is 0 Å². The summed E-state index contributed by atoms with van der Waals surface area (Å²) < 4.78 is 0. The molecule has 14 heavy (non-hydrogen) atoms. The lowest BCUT2D eigenvalue weighted by atomic mass is 10.3. The number of nitrogens with one attached hydrogen (secondary N) is 1. The van der Waals surface area contributed by atoms with Gasteiger partial charge >= 0.3 is 5.97 Å². The number of carboxylic acid groups (broad SMARTS) is 1. The average Bonchev–Trinajstić information content (AvgIpc) is 2.68. The van der Waals surface area contributed by atoms with Gasteiger partial charge in [0.2, 0.25) is 0 Å². The van der Waals surface area contributed by atoms with Crippen LogP contribution in [0.2, 0.25) is 0 Å². The summed E-state index contributed by atoms with van der Waals surface area (Å²) in [4.78, 5) is 11.7. The van der Waals surface area contributed by atoms with Crippen molar-refractivity contribution in [2.24, 2.45) is 5.92 Å². The SMILES string of the molecule is CC1CC1NCc1cc(C(=O)O)cs1. The Morgan fingerprint density at radius 3 is 3.00 bits per heavy atom. The van der Waals surface area contributed by atoms with Gasteiger partial charge in [0.25, 0.3) is 0 Å². The van der Waals surface area contributed by atoms with Gasteiger partial charge in [0.15, 0.2) is 0 Å². The van der Waals surface area contributed by atoms with Crippen LogP contribution in [0.5, 0.6) is 0 Å². The molecule has 3 nitrogen and oxygen atoms in total. The van der Waals surface area contributed by atoms with Gasteiger partial charge in [0, 0.05) is 22.8 Å². The summed E-state index contributed by atoms with van der Waals surface area (Å²) in [6.07, 6.45) is 1.25.